The first-order chi connectivity index (χ1) is 3.46. The second-order valence-electron chi connectivity index (χ2n) is 0.983. The molecule has 0 radical (unpaired) electrons. The summed E-state index contributed by atoms with van der Waals surface area (Å²) in [6.45, 7) is 1.94. The van der Waals surface area contributed by atoms with Crippen molar-refractivity contribution < 1.29 is 43.8 Å². The van der Waals surface area contributed by atoms with E-state index in [-0.39, 0.29) is 24.0 Å². The molecule has 0 unspecified atom stereocenters. The molecule has 0 aliphatic carbocycles. The first-order valence-electron chi connectivity index (χ1n) is 1.82. The van der Waals surface area contributed by atoms with Crippen LogP contribution in [-0.4, -0.2) is 11.9 Å². The van der Waals surface area contributed by atoms with Crippen LogP contribution in [0.3, 0.4) is 0 Å². The first kappa shape index (κ1) is 15.9. The highest BCUT2D eigenvalue weighted by Gasteiger charge is 1.46. The molecular weight excluding hydrogens is 239 g/mol. The minimum absolute atomic E-state index is 0. The maximum atomic E-state index is 8.89. The van der Waals surface area contributed by atoms with E-state index in [0.717, 1.165) is 13.8 Å². The summed E-state index contributed by atoms with van der Waals surface area (Å²) < 4.78 is 0. The largest absolute Gasteiger partial charge is 1.00 e. The summed E-state index contributed by atoms with van der Waals surface area (Å²) in [5.74, 6) is -2.17. The van der Waals surface area contributed by atoms with E-state index in [1.165, 1.54) is 0 Å². The second kappa shape index (κ2) is 10.6. The van der Waals surface area contributed by atoms with Gasteiger partial charge in [0.25, 0.3) is 0 Å². The predicted molar refractivity (Wildman–Crippen MR) is 21.4 cm³/mol. The van der Waals surface area contributed by atoms with Gasteiger partial charge in [0.05, 0.1) is 0 Å². The fourth-order valence-electron chi connectivity index (χ4n) is 0. The van der Waals surface area contributed by atoms with Gasteiger partial charge in [-0.1, -0.05) is 0 Å². The Bertz CT molecular complexity index is 70.6. The molecular formula is C4H6IO4-3. The summed E-state index contributed by atoms with van der Waals surface area (Å²) in [4.78, 5) is 17.8. The third kappa shape index (κ3) is 2260. The van der Waals surface area contributed by atoms with Gasteiger partial charge in [-0.3, -0.25) is 0 Å². The average molecular weight is 245 g/mol. The Morgan fingerprint density at radius 2 is 1.00 bits per heavy atom. The van der Waals surface area contributed by atoms with Crippen molar-refractivity contribution >= 4 is 11.9 Å². The number of carboxylic acid groups (broad SMARTS) is 2. The molecule has 0 bridgehead atoms. The number of aliphatic carboxylic acids is 2. The summed E-state index contributed by atoms with van der Waals surface area (Å²) in [7, 11) is 0. The molecule has 56 valence electrons. The van der Waals surface area contributed by atoms with Crippen molar-refractivity contribution in [3.63, 3.8) is 0 Å². The van der Waals surface area contributed by atoms with E-state index in [9.17, 15) is 0 Å². The minimum atomic E-state index is -1.08. The van der Waals surface area contributed by atoms with Crippen LogP contribution in [-0.2, 0) is 9.59 Å². The van der Waals surface area contributed by atoms with Crippen molar-refractivity contribution in [3.8, 4) is 0 Å². The number of carboxylic acids is 2. The van der Waals surface area contributed by atoms with Crippen molar-refractivity contribution in [3.05, 3.63) is 0 Å². The van der Waals surface area contributed by atoms with E-state index in [0.29, 0.717) is 0 Å². The van der Waals surface area contributed by atoms with Crippen LogP contribution < -0.4 is 34.2 Å². The van der Waals surface area contributed by atoms with Gasteiger partial charge >= 0.3 is 0 Å². The quantitative estimate of drug-likeness (QED) is 0.399. The van der Waals surface area contributed by atoms with E-state index < -0.39 is 11.9 Å². The Labute approximate surface area is 69.9 Å². The number of halogens is 1. The lowest BCUT2D eigenvalue weighted by Crippen LogP contribution is -3.00. The van der Waals surface area contributed by atoms with Crippen LogP contribution in [0.5, 0.6) is 0 Å². The van der Waals surface area contributed by atoms with Gasteiger partial charge in [-0.05, 0) is 13.8 Å². The molecule has 4 nitrogen and oxygen atoms in total. The zero-order valence-corrected chi connectivity index (χ0v) is 7.17. The monoisotopic (exact) mass is 245 g/mol. The van der Waals surface area contributed by atoms with E-state index in [1.807, 2.05) is 0 Å². The van der Waals surface area contributed by atoms with Crippen molar-refractivity contribution in [1.29, 1.82) is 0 Å². The van der Waals surface area contributed by atoms with Gasteiger partial charge in [-0.25, -0.2) is 0 Å². The Morgan fingerprint density at radius 3 is 1.00 bits per heavy atom. The van der Waals surface area contributed by atoms with Crippen molar-refractivity contribution in [2.45, 2.75) is 13.8 Å². The predicted octanol–water partition coefficient (Wildman–Crippen LogP) is -5.48. The fraction of sp³-hybridized carbons (Fsp3) is 0.500. The molecule has 0 rings (SSSR count). The highest BCUT2D eigenvalue weighted by molar-refractivity contribution is 5.60. The molecule has 0 aliphatic heterocycles. The van der Waals surface area contributed by atoms with Crippen LogP contribution in [0, 0.1) is 0 Å². The normalized spacial score (nSPS) is 5.56. The molecule has 0 saturated carbocycles. The molecule has 0 heterocycles. The zero-order chi connectivity index (χ0) is 7.15. The summed E-state index contributed by atoms with van der Waals surface area (Å²) in [6.07, 6.45) is 0. The van der Waals surface area contributed by atoms with Gasteiger partial charge in [0.1, 0.15) is 0 Å². The Hall–Kier alpha value is -0.330. The Morgan fingerprint density at radius 1 is 1.00 bits per heavy atom. The van der Waals surface area contributed by atoms with Gasteiger partial charge in [-0.15, -0.1) is 0 Å². The lowest BCUT2D eigenvalue weighted by atomic mass is 10.9. The molecule has 0 N–H and O–H groups in total. The lowest BCUT2D eigenvalue weighted by molar-refractivity contribution is -0.303. The highest BCUT2D eigenvalue weighted by Crippen LogP contribution is 1.31. The second-order valence-corrected chi connectivity index (χ2v) is 0.983. The Balaban J connectivity index is -0.0000000720. The molecule has 0 atom stereocenters. The molecule has 0 fully saturated rings. The van der Waals surface area contributed by atoms with Crippen molar-refractivity contribution in [1.82, 2.24) is 0 Å². The van der Waals surface area contributed by atoms with Gasteiger partial charge in [0.15, 0.2) is 0 Å². The minimum Gasteiger partial charge on any atom is -1.00 e. The van der Waals surface area contributed by atoms with Crippen LogP contribution in [0.4, 0.5) is 0 Å². The van der Waals surface area contributed by atoms with Crippen molar-refractivity contribution in [2.24, 2.45) is 0 Å². The molecule has 0 aromatic rings. The van der Waals surface area contributed by atoms with E-state index >= 15 is 0 Å². The maximum absolute atomic E-state index is 8.89. The Kier molecular flexibility index (Phi) is 18.7. The average Bonchev–Trinajstić information content (AvgIpc) is 1.25. The summed E-state index contributed by atoms with van der Waals surface area (Å²) in [5, 5.41) is 17.8. The molecule has 0 aromatic carbocycles. The van der Waals surface area contributed by atoms with Gasteiger partial charge in [0.2, 0.25) is 0 Å². The number of carbonyl (C=O) groups excluding carboxylic acids is 2. The van der Waals surface area contributed by atoms with E-state index in [1.54, 1.807) is 0 Å². The third-order valence-corrected chi connectivity index (χ3v) is 0. The highest BCUT2D eigenvalue weighted by atomic mass is 127. The van der Waals surface area contributed by atoms with Gasteiger partial charge in [-0.2, -0.15) is 0 Å². The number of hydrogen-bond donors (Lipinski definition) is 0. The first-order valence-corrected chi connectivity index (χ1v) is 1.82. The maximum Gasteiger partial charge on any atom is 0.0383 e. The molecule has 9 heavy (non-hydrogen) atoms. The van der Waals surface area contributed by atoms with Crippen LogP contribution in [0.15, 0.2) is 0 Å². The number of carbonyl (C=O) groups is 2. The van der Waals surface area contributed by atoms with Crippen LogP contribution in [0.2, 0.25) is 0 Å². The molecule has 0 aliphatic rings. The number of hydrogen-bond acceptors (Lipinski definition) is 4. The summed E-state index contributed by atoms with van der Waals surface area (Å²) >= 11 is 0. The van der Waals surface area contributed by atoms with Gasteiger partial charge < -0.3 is 43.8 Å². The van der Waals surface area contributed by atoms with E-state index in [4.69, 9.17) is 19.8 Å². The van der Waals surface area contributed by atoms with E-state index in [2.05, 4.69) is 0 Å². The smallest absolute Gasteiger partial charge is 0.0383 e. The molecule has 0 spiro atoms. The summed E-state index contributed by atoms with van der Waals surface area (Å²) in [6, 6.07) is 0. The topological polar surface area (TPSA) is 80.3 Å². The zero-order valence-electron chi connectivity index (χ0n) is 5.01. The summed E-state index contributed by atoms with van der Waals surface area (Å²) in [5.41, 5.74) is 0. The van der Waals surface area contributed by atoms with Gasteiger partial charge in [0, 0.05) is 11.9 Å². The van der Waals surface area contributed by atoms with Crippen LogP contribution in [0.1, 0.15) is 13.8 Å². The fourth-order valence-corrected chi connectivity index (χ4v) is 0. The standard InChI is InChI=1S/2C2H4O2.HI/c2*1-2(3)4;/h2*1H3,(H,3,4);1H/p-3. The molecule has 0 amide bonds. The van der Waals surface area contributed by atoms with Crippen LogP contribution in [0.25, 0.3) is 0 Å². The molecule has 5 heteroatoms. The molecule has 0 aromatic heterocycles. The van der Waals surface area contributed by atoms with Crippen molar-refractivity contribution in [2.75, 3.05) is 0 Å². The number of rotatable bonds is 0. The SMILES string of the molecule is CC(=O)[O-].CC(=O)[O-].[I-]. The lowest BCUT2D eigenvalue weighted by Gasteiger charge is -1.77. The third-order valence-electron chi connectivity index (χ3n) is 0. The van der Waals surface area contributed by atoms with Crippen LogP contribution >= 0.6 is 0 Å². The molecule has 0 saturated heterocycles.